The van der Waals surface area contributed by atoms with Gasteiger partial charge in [0.1, 0.15) is 0 Å². The molecular formula is C10H10N2OS. The van der Waals surface area contributed by atoms with Crippen LogP contribution in [-0.2, 0) is 0 Å². The number of hydrogen-bond acceptors (Lipinski definition) is 4. The summed E-state index contributed by atoms with van der Waals surface area (Å²) in [7, 11) is 0. The molecule has 1 aromatic carbocycles. The summed E-state index contributed by atoms with van der Waals surface area (Å²) in [6.07, 6.45) is 2.04. The lowest BCUT2D eigenvalue weighted by Gasteiger charge is -1.98. The molecular weight excluding hydrogens is 196 g/mol. The Morgan fingerprint density at radius 2 is 2.21 bits per heavy atom. The summed E-state index contributed by atoms with van der Waals surface area (Å²) >= 11 is 1.69. The Morgan fingerprint density at radius 3 is 2.86 bits per heavy atom. The Bertz CT molecular complexity index is 439. The van der Waals surface area contributed by atoms with Gasteiger partial charge in [0.2, 0.25) is 0 Å². The number of rotatable bonds is 2. The van der Waals surface area contributed by atoms with Gasteiger partial charge in [-0.3, -0.25) is 0 Å². The molecule has 4 heteroatoms. The van der Waals surface area contributed by atoms with Crippen molar-refractivity contribution in [3.05, 3.63) is 30.3 Å². The molecule has 1 aromatic heterocycles. The maximum absolute atomic E-state index is 5.48. The fourth-order valence-electron chi connectivity index (χ4n) is 1.20. The molecule has 2 N–H and O–H groups in total. The summed E-state index contributed by atoms with van der Waals surface area (Å²) in [5, 5.41) is 3.64. The second-order valence-corrected chi connectivity index (χ2v) is 3.73. The molecule has 0 saturated carbocycles. The monoisotopic (exact) mass is 206 g/mol. The van der Waals surface area contributed by atoms with Crippen molar-refractivity contribution >= 4 is 17.6 Å². The average Bonchev–Trinajstić information content (AvgIpc) is 2.65. The van der Waals surface area contributed by atoms with Crippen molar-refractivity contribution in [2.45, 2.75) is 4.90 Å². The molecule has 0 unspecified atom stereocenters. The minimum absolute atomic E-state index is 0.412. The molecule has 0 fully saturated rings. The van der Waals surface area contributed by atoms with Crippen LogP contribution >= 0.6 is 11.8 Å². The van der Waals surface area contributed by atoms with Gasteiger partial charge in [-0.15, -0.1) is 11.8 Å². The fourth-order valence-corrected chi connectivity index (χ4v) is 1.66. The van der Waals surface area contributed by atoms with Crippen LogP contribution in [-0.4, -0.2) is 11.4 Å². The molecule has 72 valence electrons. The largest absolute Gasteiger partial charge is 0.381 e. The lowest BCUT2D eigenvalue weighted by atomic mass is 10.2. The lowest BCUT2D eigenvalue weighted by Crippen LogP contribution is -1.80. The molecule has 0 atom stereocenters. The van der Waals surface area contributed by atoms with Crippen LogP contribution in [0.2, 0.25) is 0 Å². The molecule has 0 saturated heterocycles. The van der Waals surface area contributed by atoms with E-state index in [4.69, 9.17) is 10.3 Å². The van der Waals surface area contributed by atoms with Crippen molar-refractivity contribution < 1.29 is 4.52 Å². The zero-order chi connectivity index (χ0) is 9.97. The molecule has 0 aliphatic heterocycles. The van der Waals surface area contributed by atoms with E-state index in [-0.39, 0.29) is 0 Å². The quantitative estimate of drug-likeness (QED) is 0.767. The number of nitrogens with two attached hydrogens (primary N) is 1. The summed E-state index contributed by atoms with van der Waals surface area (Å²) < 4.78 is 5.07. The molecule has 0 radical (unpaired) electrons. The smallest absolute Gasteiger partial charge is 0.169 e. The van der Waals surface area contributed by atoms with Crippen LogP contribution in [0.5, 0.6) is 0 Å². The third-order valence-corrected chi connectivity index (χ3v) is 2.61. The SMILES string of the molecule is CSc1cccc(-c2cc(N)no2)c1. The van der Waals surface area contributed by atoms with Gasteiger partial charge in [-0.05, 0) is 18.4 Å². The van der Waals surface area contributed by atoms with Crippen LogP contribution in [0.15, 0.2) is 39.8 Å². The first-order valence-electron chi connectivity index (χ1n) is 4.16. The van der Waals surface area contributed by atoms with Crippen molar-refractivity contribution in [2.75, 3.05) is 12.0 Å². The Morgan fingerprint density at radius 1 is 1.36 bits per heavy atom. The molecule has 0 spiro atoms. The number of hydrogen-bond donors (Lipinski definition) is 1. The van der Waals surface area contributed by atoms with E-state index < -0.39 is 0 Å². The Kier molecular flexibility index (Phi) is 2.45. The molecule has 0 aliphatic rings. The van der Waals surface area contributed by atoms with Crippen LogP contribution in [0.3, 0.4) is 0 Å². The number of nitrogens with zero attached hydrogens (tertiary/aromatic N) is 1. The van der Waals surface area contributed by atoms with Crippen molar-refractivity contribution in [3.8, 4) is 11.3 Å². The summed E-state index contributed by atoms with van der Waals surface area (Å²) in [6.45, 7) is 0. The zero-order valence-corrected chi connectivity index (χ0v) is 8.54. The van der Waals surface area contributed by atoms with E-state index in [9.17, 15) is 0 Å². The van der Waals surface area contributed by atoms with Crippen LogP contribution in [0, 0.1) is 0 Å². The second kappa shape index (κ2) is 3.75. The van der Waals surface area contributed by atoms with Gasteiger partial charge in [0, 0.05) is 16.5 Å². The van der Waals surface area contributed by atoms with Crippen molar-refractivity contribution in [2.24, 2.45) is 0 Å². The topological polar surface area (TPSA) is 52.0 Å². The number of benzene rings is 1. The van der Waals surface area contributed by atoms with E-state index in [0.717, 1.165) is 5.56 Å². The fraction of sp³-hybridized carbons (Fsp3) is 0.100. The van der Waals surface area contributed by atoms with Crippen LogP contribution in [0.4, 0.5) is 5.82 Å². The van der Waals surface area contributed by atoms with Gasteiger partial charge < -0.3 is 10.3 Å². The zero-order valence-electron chi connectivity index (χ0n) is 7.73. The van der Waals surface area contributed by atoms with Crippen LogP contribution in [0.1, 0.15) is 0 Å². The molecule has 3 nitrogen and oxygen atoms in total. The Balaban J connectivity index is 2.41. The average molecular weight is 206 g/mol. The van der Waals surface area contributed by atoms with Crippen molar-refractivity contribution in [1.82, 2.24) is 5.16 Å². The standard InChI is InChI=1S/C10H10N2OS/c1-14-8-4-2-3-7(5-8)9-6-10(11)12-13-9/h2-6H,1H3,(H2,11,12). The number of anilines is 1. The van der Waals surface area contributed by atoms with Crippen LogP contribution in [0.25, 0.3) is 11.3 Å². The van der Waals surface area contributed by atoms with Crippen molar-refractivity contribution in [1.29, 1.82) is 0 Å². The second-order valence-electron chi connectivity index (χ2n) is 2.85. The van der Waals surface area contributed by atoms with Gasteiger partial charge in [0.25, 0.3) is 0 Å². The van der Waals surface area contributed by atoms with E-state index in [1.54, 1.807) is 17.8 Å². The predicted octanol–water partition coefficient (Wildman–Crippen LogP) is 2.65. The van der Waals surface area contributed by atoms with E-state index in [1.165, 1.54) is 4.90 Å². The third-order valence-electron chi connectivity index (χ3n) is 1.88. The highest BCUT2D eigenvalue weighted by Crippen LogP contribution is 2.25. The maximum Gasteiger partial charge on any atom is 0.169 e. The first-order chi connectivity index (χ1) is 6.79. The van der Waals surface area contributed by atoms with Crippen molar-refractivity contribution in [3.63, 3.8) is 0 Å². The van der Waals surface area contributed by atoms with Crippen LogP contribution < -0.4 is 5.73 Å². The van der Waals surface area contributed by atoms with Gasteiger partial charge in [-0.2, -0.15) is 0 Å². The highest BCUT2D eigenvalue weighted by atomic mass is 32.2. The first-order valence-corrected chi connectivity index (χ1v) is 5.38. The van der Waals surface area contributed by atoms with E-state index in [0.29, 0.717) is 11.6 Å². The summed E-state index contributed by atoms with van der Waals surface area (Å²) in [5.41, 5.74) is 6.48. The Hall–Kier alpha value is -1.42. The van der Waals surface area contributed by atoms with E-state index >= 15 is 0 Å². The van der Waals surface area contributed by atoms with Gasteiger partial charge in [-0.25, -0.2) is 0 Å². The summed E-state index contributed by atoms with van der Waals surface area (Å²) in [5.74, 6) is 1.12. The number of aromatic nitrogens is 1. The van der Waals surface area contributed by atoms with Gasteiger partial charge in [-0.1, -0.05) is 17.3 Å². The minimum atomic E-state index is 0.412. The minimum Gasteiger partial charge on any atom is -0.381 e. The lowest BCUT2D eigenvalue weighted by molar-refractivity contribution is 0.436. The molecule has 0 aliphatic carbocycles. The van der Waals surface area contributed by atoms with Gasteiger partial charge in [0.15, 0.2) is 11.6 Å². The van der Waals surface area contributed by atoms with E-state index in [1.807, 2.05) is 30.5 Å². The summed E-state index contributed by atoms with van der Waals surface area (Å²) in [4.78, 5) is 1.19. The molecule has 2 rings (SSSR count). The van der Waals surface area contributed by atoms with E-state index in [2.05, 4.69) is 5.16 Å². The number of thioether (sulfide) groups is 1. The highest BCUT2D eigenvalue weighted by Gasteiger charge is 2.04. The number of nitrogen functional groups attached to an aromatic ring is 1. The maximum atomic E-state index is 5.48. The summed E-state index contributed by atoms with van der Waals surface area (Å²) in [6, 6.07) is 9.78. The highest BCUT2D eigenvalue weighted by molar-refractivity contribution is 7.98. The van der Waals surface area contributed by atoms with Gasteiger partial charge in [0.05, 0.1) is 0 Å². The molecule has 0 bridgehead atoms. The van der Waals surface area contributed by atoms with Gasteiger partial charge >= 0.3 is 0 Å². The molecule has 2 aromatic rings. The molecule has 1 heterocycles. The first kappa shape index (κ1) is 9.15. The molecule has 0 amide bonds. The normalized spacial score (nSPS) is 10.4. The predicted molar refractivity (Wildman–Crippen MR) is 58.1 cm³/mol. The molecule has 14 heavy (non-hydrogen) atoms. The third kappa shape index (κ3) is 1.75. The Labute approximate surface area is 86.3 Å².